The second-order valence-corrected chi connectivity index (χ2v) is 6.61. The molecule has 0 saturated carbocycles. The average molecular weight is 367 g/mol. The van der Waals surface area contributed by atoms with E-state index in [0.29, 0.717) is 29.1 Å². The number of hydrogen-bond acceptors (Lipinski definition) is 5. The van der Waals surface area contributed by atoms with E-state index in [1.807, 2.05) is 0 Å². The molecule has 4 rings (SSSR count). The van der Waals surface area contributed by atoms with Gasteiger partial charge in [0, 0.05) is 40.2 Å². The molecule has 1 aliphatic heterocycles. The number of hydrogen-bond donors (Lipinski definition) is 3. The van der Waals surface area contributed by atoms with Gasteiger partial charge in [-0.25, -0.2) is 19.3 Å². The maximum Gasteiger partial charge on any atom is 0.183 e. The summed E-state index contributed by atoms with van der Waals surface area (Å²) in [6.07, 6.45) is 7.99. The van der Waals surface area contributed by atoms with Crippen molar-refractivity contribution in [1.82, 2.24) is 25.3 Å². The summed E-state index contributed by atoms with van der Waals surface area (Å²) in [5.41, 5.74) is 1.43. The number of pyridine rings is 1. The molecule has 0 aromatic carbocycles. The molecule has 1 atom stereocenters. The number of fused-ring (bicyclic) bond motifs is 1. The molecule has 25 heavy (non-hydrogen) atoms. The number of aromatic nitrogens is 4. The highest BCUT2D eigenvalue weighted by molar-refractivity contribution is 6.31. The molecular weight excluding hydrogens is 343 g/mol. The highest BCUT2D eigenvalue weighted by Gasteiger charge is 2.16. The summed E-state index contributed by atoms with van der Waals surface area (Å²) < 4.78 is 14.1. The van der Waals surface area contributed by atoms with Gasteiger partial charge in [0.2, 0.25) is 0 Å². The van der Waals surface area contributed by atoms with E-state index in [0.717, 1.165) is 23.9 Å². The van der Waals surface area contributed by atoms with Crippen LogP contribution in [-0.4, -0.2) is 39.1 Å². The van der Waals surface area contributed by atoms with Crippen molar-refractivity contribution in [3.63, 3.8) is 0 Å². The Morgan fingerprint density at radius 2 is 2.24 bits per heavy atom. The molecule has 1 fully saturated rings. The second kappa shape index (κ2) is 6.93. The molecule has 3 aromatic heterocycles. The monoisotopic (exact) mass is 366 g/mol. The molecule has 0 amide bonds. The van der Waals surface area contributed by atoms with Crippen molar-refractivity contribution in [2.45, 2.75) is 25.3 Å². The molecule has 0 bridgehead atoms. The van der Waals surface area contributed by atoms with Gasteiger partial charge in [0.05, 0.1) is 11.2 Å². The molecule has 0 aliphatic carbocycles. The van der Waals surface area contributed by atoms with Crippen LogP contribution in [0.1, 0.15) is 23.5 Å². The molecule has 0 spiro atoms. The zero-order valence-electron chi connectivity index (χ0n) is 13.5. The van der Waals surface area contributed by atoms with Crippen LogP contribution >= 0.6 is 11.6 Å². The highest BCUT2D eigenvalue weighted by Crippen LogP contribution is 2.28. The van der Waals surface area contributed by atoms with Gasteiger partial charge in [0.15, 0.2) is 17.5 Å². The number of piperidine rings is 1. The Labute approximate surface area is 153 Å². The van der Waals surface area contributed by atoms with Gasteiger partial charge in [-0.15, -0.1) is 0 Å². The lowest BCUT2D eigenvalue weighted by Crippen LogP contribution is -2.39. The summed E-state index contributed by atoms with van der Waals surface area (Å²) >= 11 is 6.03. The first kappa shape index (κ1) is 16.2. The summed E-state index contributed by atoms with van der Waals surface area (Å²) in [6, 6.07) is 2.13. The van der Waals surface area contributed by atoms with Crippen molar-refractivity contribution in [2.24, 2.45) is 0 Å². The predicted octanol–water partition coefficient (Wildman–Crippen LogP) is 4.10. The van der Waals surface area contributed by atoms with Crippen LogP contribution in [-0.2, 0) is 0 Å². The van der Waals surface area contributed by atoms with E-state index in [4.69, 9.17) is 11.6 Å². The summed E-state index contributed by atoms with van der Waals surface area (Å²) in [5, 5.41) is 7.86. The number of nitrogens with zero attached hydrogens (tertiary/aromatic N) is 3. The van der Waals surface area contributed by atoms with Crippen molar-refractivity contribution >= 4 is 28.5 Å². The molecule has 6 nitrogen and oxygen atoms in total. The van der Waals surface area contributed by atoms with Gasteiger partial charge in [0.25, 0.3) is 0 Å². The third-order valence-corrected chi connectivity index (χ3v) is 4.62. The quantitative estimate of drug-likeness (QED) is 0.647. The lowest BCUT2D eigenvalue weighted by Gasteiger charge is -2.23. The van der Waals surface area contributed by atoms with Gasteiger partial charge >= 0.3 is 0 Å². The van der Waals surface area contributed by atoms with E-state index in [1.165, 1.54) is 19.0 Å². The van der Waals surface area contributed by atoms with E-state index in [9.17, 15) is 4.39 Å². The number of aromatic amines is 1. The third-order valence-electron chi connectivity index (χ3n) is 4.41. The van der Waals surface area contributed by atoms with Crippen LogP contribution in [0.3, 0.4) is 0 Å². The number of rotatable bonds is 4. The van der Waals surface area contributed by atoms with Crippen molar-refractivity contribution in [3.05, 3.63) is 35.5 Å². The zero-order chi connectivity index (χ0) is 17.2. The van der Waals surface area contributed by atoms with Crippen LogP contribution in [0.5, 0.6) is 0 Å². The van der Waals surface area contributed by atoms with E-state index in [2.05, 4.69) is 30.6 Å². The van der Waals surface area contributed by atoms with Crippen LogP contribution in [0.4, 0.5) is 10.2 Å². The lowest BCUT2D eigenvalue weighted by molar-refractivity contribution is 0.413. The lowest BCUT2D eigenvalue weighted by atomic mass is 10.1. The Bertz CT molecular complexity index is 904. The van der Waals surface area contributed by atoms with E-state index in [1.54, 1.807) is 18.5 Å². The normalized spacial score (nSPS) is 17.8. The highest BCUT2D eigenvalue weighted by atomic mass is 35.5. The van der Waals surface area contributed by atoms with Crippen LogP contribution in [0.15, 0.2) is 24.7 Å². The number of H-pyrrole nitrogens is 1. The number of anilines is 1. The van der Waals surface area contributed by atoms with Gasteiger partial charge in [-0.2, -0.15) is 0 Å². The fourth-order valence-electron chi connectivity index (χ4n) is 3.10. The molecule has 4 heterocycles. The maximum atomic E-state index is 14.1. The molecule has 8 heteroatoms. The van der Waals surface area contributed by atoms with Crippen LogP contribution in [0.2, 0.25) is 5.02 Å². The number of nitrogens with one attached hydrogen (secondary N) is 3. The van der Waals surface area contributed by atoms with Crippen LogP contribution in [0, 0.1) is 5.82 Å². The number of halogens is 2. The minimum Gasteiger partial charge on any atom is -0.366 e. The first-order chi connectivity index (χ1) is 12.2. The van der Waals surface area contributed by atoms with Gasteiger partial charge < -0.3 is 15.6 Å². The molecule has 136 valence electrons. The third kappa shape index (κ3) is 3.43. The molecule has 3 N–H and O–H groups in total. The minimum absolute atomic E-state index is 0. The van der Waals surface area contributed by atoms with Gasteiger partial charge in [-0.3, -0.25) is 0 Å². The average Bonchev–Trinajstić information content (AvgIpc) is 3.05. The van der Waals surface area contributed by atoms with Crippen molar-refractivity contribution in [3.8, 4) is 11.4 Å². The standard InChI is InChI=1S/C17H18ClFN6.3H2/c18-10-5-12-13(8-23-15(12)21-6-10)16-24-9-14(19)17(25-16)22-7-11-3-1-2-4-20-11;;;/h5-6,8-9,11,20H,1-4,7H2,(H,21,23)(H,22,24,25);3*1H. The fourth-order valence-corrected chi connectivity index (χ4v) is 3.26. The topological polar surface area (TPSA) is 78.5 Å². The molecule has 1 aliphatic rings. The van der Waals surface area contributed by atoms with Gasteiger partial charge in [-0.05, 0) is 25.5 Å². The summed E-state index contributed by atoms with van der Waals surface area (Å²) in [7, 11) is 0. The van der Waals surface area contributed by atoms with Gasteiger partial charge in [-0.1, -0.05) is 18.0 Å². The largest absolute Gasteiger partial charge is 0.366 e. The summed E-state index contributed by atoms with van der Waals surface area (Å²) in [4.78, 5) is 15.8. The maximum absolute atomic E-state index is 14.1. The molecule has 0 radical (unpaired) electrons. The van der Waals surface area contributed by atoms with E-state index in [-0.39, 0.29) is 10.1 Å². The Balaban J connectivity index is 0.00000131. The molecule has 1 saturated heterocycles. The fraction of sp³-hybridized carbons (Fsp3) is 0.353. The second-order valence-electron chi connectivity index (χ2n) is 6.17. The van der Waals surface area contributed by atoms with Crippen molar-refractivity contribution < 1.29 is 8.67 Å². The molecule has 1 unspecified atom stereocenters. The SMILES string of the molecule is Fc1cnc(-c2c[nH]c3ncc(Cl)cc23)nc1NCC1CCCCN1.[HH].[HH].[HH]. The zero-order valence-corrected chi connectivity index (χ0v) is 14.3. The first-order valence-corrected chi connectivity index (χ1v) is 8.71. The van der Waals surface area contributed by atoms with Crippen molar-refractivity contribution in [2.75, 3.05) is 18.4 Å². The first-order valence-electron chi connectivity index (χ1n) is 8.33. The smallest absolute Gasteiger partial charge is 0.183 e. The Morgan fingerprint density at radius 1 is 1.32 bits per heavy atom. The molecular formula is C17H24ClFN6. The summed E-state index contributed by atoms with van der Waals surface area (Å²) in [6.45, 7) is 1.64. The van der Waals surface area contributed by atoms with Gasteiger partial charge in [0.1, 0.15) is 5.65 Å². The Hall–Kier alpha value is -2.25. The van der Waals surface area contributed by atoms with E-state index >= 15 is 0 Å². The predicted molar refractivity (Wildman–Crippen MR) is 103 cm³/mol. The Morgan fingerprint density at radius 3 is 3.08 bits per heavy atom. The van der Waals surface area contributed by atoms with Crippen molar-refractivity contribution in [1.29, 1.82) is 0 Å². The molecule has 3 aromatic rings. The Kier molecular flexibility index (Phi) is 4.50. The van der Waals surface area contributed by atoms with E-state index < -0.39 is 5.82 Å². The van der Waals surface area contributed by atoms with Crippen LogP contribution in [0.25, 0.3) is 22.4 Å². The summed E-state index contributed by atoms with van der Waals surface area (Å²) in [5.74, 6) is 0.174. The minimum atomic E-state index is -0.462. The van der Waals surface area contributed by atoms with Crippen LogP contribution < -0.4 is 10.6 Å².